The summed E-state index contributed by atoms with van der Waals surface area (Å²) in [6.45, 7) is 7.92. The van der Waals surface area contributed by atoms with Crippen molar-refractivity contribution in [3.05, 3.63) is 142 Å². The van der Waals surface area contributed by atoms with Crippen LogP contribution in [0.25, 0.3) is 17.2 Å². The number of fused-ring (bicyclic) bond motifs is 1. The van der Waals surface area contributed by atoms with E-state index in [1.165, 1.54) is 23.1 Å². The average Bonchev–Trinajstić information content (AvgIpc) is 3.54. The maximum absolute atomic E-state index is 13.8. The van der Waals surface area contributed by atoms with Crippen LogP contribution in [0.1, 0.15) is 59.6 Å². The Morgan fingerprint density at radius 2 is 1.57 bits per heavy atom. The molecule has 10 nitrogen and oxygen atoms in total. The van der Waals surface area contributed by atoms with Gasteiger partial charge in [-0.1, -0.05) is 78.9 Å². The molecule has 0 aliphatic carbocycles. The summed E-state index contributed by atoms with van der Waals surface area (Å²) < 4.78 is 5.53. The molecule has 0 bridgehead atoms. The van der Waals surface area contributed by atoms with Crippen molar-refractivity contribution in [2.24, 2.45) is 0 Å². The van der Waals surface area contributed by atoms with Crippen LogP contribution in [0.4, 0.5) is 15.5 Å². The molecule has 0 radical (unpaired) electrons. The van der Waals surface area contributed by atoms with E-state index < -0.39 is 28.8 Å². The van der Waals surface area contributed by atoms with Crippen LogP contribution >= 0.6 is 23.1 Å². The van der Waals surface area contributed by atoms with Crippen LogP contribution in [-0.2, 0) is 27.3 Å². The Balaban J connectivity index is 1.13. The summed E-state index contributed by atoms with van der Waals surface area (Å²) in [7, 11) is 0. The van der Waals surface area contributed by atoms with Gasteiger partial charge in [0.2, 0.25) is 5.91 Å². The highest BCUT2D eigenvalue weighted by atomic mass is 32.2. The first kappa shape index (κ1) is 39.5. The first-order valence-corrected chi connectivity index (χ1v) is 19.7. The molecule has 1 unspecified atom stereocenters. The lowest BCUT2D eigenvalue weighted by molar-refractivity contribution is -0.115. The summed E-state index contributed by atoms with van der Waals surface area (Å²) in [5, 5.41) is 18.5. The number of thiophene rings is 1. The molecule has 1 aliphatic rings. The van der Waals surface area contributed by atoms with Gasteiger partial charge in [-0.15, -0.1) is 23.1 Å². The zero-order valence-electron chi connectivity index (χ0n) is 31.4. The molecule has 56 heavy (non-hydrogen) atoms. The number of benzene rings is 4. The largest absolute Gasteiger partial charge is 0.444 e. The number of amides is 4. The zero-order chi connectivity index (χ0) is 39.8. The van der Waals surface area contributed by atoms with E-state index in [2.05, 4.69) is 22.0 Å². The summed E-state index contributed by atoms with van der Waals surface area (Å²) in [5.74, 6) is -1.25. The SMILES string of the molecule is CC(Sc1cccc(NC(=O)/C(=C\c2ccc(-c3ccccc3)cc2)NC(=O)c2ccccc2)c1)C(=O)Nc1sc2c(c1C#N)CCN(C(=O)OC(C)(C)C)C2. The van der Waals surface area contributed by atoms with Crippen molar-refractivity contribution in [2.75, 3.05) is 17.2 Å². The van der Waals surface area contributed by atoms with Gasteiger partial charge in [-0.3, -0.25) is 14.4 Å². The van der Waals surface area contributed by atoms with E-state index in [1.807, 2.05) is 87.5 Å². The van der Waals surface area contributed by atoms with E-state index in [-0.39, 0.29) is 11.6 Å². The molecule has 4 aromatic carbocycles. The number of nitriles is 1. The Kier molecular flexibility index (Phi) is 12.4. The molecule has 6 rings (SSSR count). The number of hydrogen-bond donors (Lipinski definition) is 3. The van der Waals surface area contributed by atoms with Gasteiger partial charge in [0.15, 0.2) is 0 Å². The van der Waals surface area contributed by atoms with Crippen LogP contribution in [-0.4, -0.2) is 46.1 Å². The molecule has 12 heteroatoms. The van der Waals surface area contributed by atoms with Crippen molar-refractivity contribution in [3.8, 4) is 17.2 Å². The second-order valence-electron chi connectivity index (χ2n) is 14.1. The molecule has 0 saturated heterocycles. The predicted molar refractivity (Wildman–Crippen MR) is 222 cm³/mol. The number of nitrogens with zero attached hydrogens (tertiary/aromatic N) is 2. The minimum absolute atomic E-state index is 0.0540. The minimum atomic E-state index is -0.626. The monoisotopic (exact) mass is 783 g/mol. The molecular formula is C44H41N5O5S2. The Morgan fingerprint density at radius 3 is 2.25 bits per heavy atom. The maximum atomic E-state index is 13.8. The number of hydrogen-bond acceptors (Lipinski definition) is 8. The fourth-order valence-electron chi connectivity index (χ4n) is 5.92. The average molecular weight is 784 g/mol. The number of ether oxygens (including phenoxy) is 1. The van der Waals surface area contributed by atoms with Crippen molar-refractivity contribution in [2.45, 2.75) is 56.4 Å². The third-order valence-corrected chi connectivity index (χ3v) is 10.9. The molecule has 2 heterocycles. The van der Waals surface area contributed by atoms with E-state index in [0.717, 1.165) is 32.0 Å². The molecule has 5 aromatic rings. The molecule has 284 valence electrons. The van der Waals surface area contributed by atoms with Gasteiger partial charge >= 0.3 is 6.09 Å². The van der Waals surface area contributed by atoms with Crippen molar-refractivity contribution >= 4 is 63.7 Å². The molecule has 1 atom stereocenters. The molecule has 0 saturated carbocycles. The predicted octanol–water partition coefficient (Wildman–Crippen LogP) is 9.11. The van der Waals surface area contributed by atoms with Gasteiger partial charge in [0.1, 0.15) is 22.4 Å². The highest BCUT2D eigenvalue weighted by Gasteiger charge is 2.30. The highest BCUT2D eigenvalue weighted by Crippen LogP contribution is 2.38. The van der Waals surface area contributed by atoms with Crippen LogP contribution in [0, 0.1) is 11.3 Å². The molecule has 0 spiro atoms. The fourth-order valence-corrected chi connectivity index (χ4v) is 8.06. The molecule has 0 fully saturated rings. The number of carbonyl (C=O) groups excluding carboxylic acids is 4. The molecule has 1 aromatic heterocycles. The Labute approximate surface area is 334 Å². The molecule has 3 N–H and O–H groups in total. The lowest BCUT2D eigenvalue weighted by Gasteiger charge is -2.29. The smallest absolute Gasteiger partial charge is 0.410 e. The first-order valence-electron chi connectivity index (χ1n) is 18.0. The van der Waals surface area contributed by atoms with E-state index in [1.54, 1.807) is 60.4 Å². The third-order valence-electron chi connectivity index (χ3n) is 8.69. The molecule has 1 aliphatic heterocycles. The Bertz CT molecular complexity index is 2310. The standard InChI is InChI=1S/C44H41N5O5S2/c1-28(39(50)48-42-36(26-45)35-22-23-49(27-38(35)56-42)43(53)54-44(2,3)4)55-34-17-11-16-33(25-34)46-41(52)37(47-40(51)32-14-9-6-10-15-32)24-29-18-20-31(21-19-29)30-12-7-5-8-13-30/h5-21,24-25,28H,22-23,27H2,1-4H3,(H,46,52)(H,47,51)(H,48,50)/b37-24+. The van der Waals surface area contributed by atoms with E-state index in [4.69, 9.17) is 4.74 Å². The number of thioether (sulfide) groups is 1. The van der Waals surface area contributed by atoms with Crippen LogP contribution in [0.15, 0.2) is 120 Å². The summed E-state index contributed by atoms with van der Waals surface area (Å²) in [4.78, 5) is 56.3. The number of rotatable bonds is 10. The van der Waals surface area contributed by atoms with Crippen LogP contribution in [0.3, 0.4) is 0 Å². The van der Waals surface area contributed by atoms with Crippen molar-refractivity contribution < 1.29 is 23.9 Å². The quantitative estimate of drug-likeness (QED) is 0.0948. The van der Waals surface area contributed by atoms with Crippen LogP contribution in [0.2, 0.25) is 0 Å². The normalized spacial score (nSPS) is 13.1. The zero-order valence-corrected chi connectivity index (χ0v) is 33.1. The van der Waals surface area contributed by atoms with Gasteiger partial charge in [0.25, 0.3) is 11.8 Å². The summed E-state index contributed by atoms with van der Waals surface area (Å²) in [6, 6.07) is 35.6. The molecule has 4 amide bonds. The second-order valence-corrected chi connectivity index (χ2v) is 16.6. The number of anilines is 2. The first-order chi connectivity index (χ1) is 26.9. The van der Waals surface area contributed by atoms with Gasteiger partial charge in [0, 0.05) is 27.6 Å². The highest BCUT2D eigenvalue weighted by molar-refractivity contribution is 8.00. The maximum Gasteiger partial charge on any atom is 0.410 e. The van der Waals surface area contributed by atoms with Crippen molar-refractivity contribution in [1.29, 1.82) is 5.26 Å². The number of nitrogens with one attached hydrogen (secondary N) is 3. The Morgan fingerprint density at radius 1 is 0.893 bits per heavy atom. The van der Waals surface area contributed by atoms with Gasteiger partial charge in [-0.05, 0) is 92.8 Å². The van der Waals surface area contributed by atoms with Crippen LogP contribution < -0.4 is 16.0 Å². The van der Waals surface area contributed by atoms with Crippen molar-refractivity contribution in [1.82, 2.24) is 10.2 Å². The fraction of sp³-hybridized carbons (Fsp3) is 0.205. The number of carbonyl (C=O) groups is 4. The van der Waals surface area contributed by atoms with E-state index in [0.29, 0.717) is 41.3 Å². The summed E-state index contributed by atoms with van der Waals surface area (Å²) in [5.41, 5.74) is 4.37. The lowest BCUT2D eigenvalue weighted by Crippen LogP contribution is -2.39. The van der Waals surface area contributed by atoms with Crippen molar-refractivity contribution in [3.63, 3.8) is 0 Å². The lowest BCUT2D eigenvalue weighted by atomic mass is 10.0. The topological polar surface area (TPSA) is 141 Å². The van der Waals surface area contributed by atoms with E-state index >= 15 is 0 Å². The summed E-state index contributed by atoms with van der Waals surface area (Å²) >= 11 is 2.59. The Hall–Kier alpha value is -6.16. The van der Waals surface area contributed by atoms with Gasteiger partial charge in [-0.2, -0.15) is 5.26 Å². The minimum Gasteiger partial charge on any atom is -0.444 e. The van der Waals surface area contributed by atoms with E-state index in [9.17, 15) is 24.4 Å². The van der Waals surface area contributed by atoms with Gasteiger partial charge < -0.3 is 25.6 Å². The molecular weight excluding hydrogens is 743 g/mol. The second kappa shape index (κ2) is 17.5. The van der Waals surface area contributed by atoms with Gasteiger partial charge in [0.05, 0.1) is 17.4 Å². The van der Waals surface area contributed by atoms with Crippen LogP contribution in [0.5, 0.6) is 0 Å². The van der Waals surface area contributed by atoms with Gasteiger partial charge in [-0.25, -0.2) is 4.79 Å². The third kappa shape index (κ3) is 10.1. The summed E-state index contributed by atoms with van der Waals surface area (Å²) in [6.07, 6.45) is 1.70.